The van der Waals surface area contributed by atoms with Crippen molar-refractivity contribution in [2.24, 2.45) is 0 Å². The van der Waals surface area contributed by atoms with Crippen LogP contribution < -0.4 is 9.64 Å². The lowest BCUT2D eigenvalue weighted by molar-refractivity contribution is -0.914. The van der Waals surface area contributed by atoms with Gasteiger partial charge in [0.25, 0.3) is 0 Å². The Kier molecular flexibility index (Phi) is 6.76. The third-order valence-corrected chi connectivity index (χ3v) is 4.67. The van der Waals surface area contributed by atoms with Crippen molar-refractivity contribution in [1.82, 2.24) is 4.98 Å². The molecule has 0 radical (unpaired) electrons. The summed E-state index contributed by atoms with van der Waals surface area (Å²) >= 11 is 0. The first-order valence-electron chi connectivity index (χ1n) is 9.14. The first-order chi connectivity index (χ1) is 13.6. The summed E-state index contributed by atoms with van der Waals surface area (Å²) in [5.74, 6) is 0.591. The van der Waals surface area contributed by atoms with Gasteiger partial charge in [0.2, 0.25) is 5.78 Å². The van der Waals surface area contributed by atoms with Gasteiger partial charge in [0, 0.05) is 26.6 Å². The molecule has 0 unspecified atom stereocenters. The quantitative estimate of drug-likeness (QED) is 0.629. The standard InChI is InChI=1S/C21H24N2O5/c1-26-11-9-23(10-12-27-2)14-17-18(24)4-3-16-20(25)19(28-21(16)17)13-15-5-7-22-8-6-15/h3-8,13,24H,9-12,14H2,1-2H3/p+1/b19-13-. The summed E-state index contributed by atoms with van der Waals surface area (Å²) in [5, 5.41) is 10.4. The Labute approximate surface area is 164 Å². The van der Waals surface area contributed by atoms with Gasteiger partial charge in [0.1, 0.15) is 25.4 Å². The van der Waals surface area contributed by atoms with E-state index in [1.54, 1.807) is 57.0 Å². The Hall–Kier alpha value is -2.74. The molecule has 1 aromatic heterocycles. The molecule has 148 valence electrons. The van der Waals surface area contributed by atoms with Crippen molar-refractivity contribution < 1.29 is 29.0 Å². The Morgan fingerprint density at radius 2 is 1.79 bits per heavy atom. The highest BCUT2D eigenvalue weighted by Crippen LogP contribution is 2.39. The number of phenols is 1. The van der Waals surface area contributed by atoms with E-state index in [0.29, 0.717) is 36.6 Å². The number of aromatic hydroxyl groups is 1. The highest BCUT2D eigenvalue weighted by molar-refractivity contribution is 6.14. The summed E-state index contributed by atoms with van der Waals surface area (Å²) in [4.78, 5) is 17.9. The number of allylic oxidation sites excluding steroid dienone is 1. The van der Waals surface area contributed by atoms with Gasteiger partial charge in [-0.2, -0.15) is 0 Å². The lowest BCUT2D eigenvalue weighted by atomic mass is 10.0. The molecule has 0 bridgehead atoms. The number of ketones is 1. The average molecular weight is 385 g/mol. The predicted molar refractivity (Wildman–Crippen MR) is 103 cm³/mol. The third kappa shape index (κ3) is 4.56. The zero-order chi connectivity index (χ0) is 19.9. The maximum absolute atomic E-state index is 12.8. The van der Waals surface area contributed by atoms with E-state index < -0.39 is 0 Å². The van der Waals surface area contributed by atoms with Gasteiger partial charge >= 0.3 is 0 Å². The first kappa shape index (κ1) is 20.0. The van der Waals surface area contributed by atoms with Crippen LogP contribution in [0.15, 0.2) is 42.4 Å². The summed E-state index contributed by atoms with van der Waals surface area (Å²) in [7, 11) is 3.31. The van der Waals surface area contributed by atoms with Crippen LogP contribution in [0.1, 0.15) is 21.5 Å². The van der Waals surface area contributed by atoms with E-state index in [1.165, 1.54) is 0 Å². The number of hydrogen-bond donors (Lipinski definition) is 2. The molecule has 0 amide bonds. The second kappa shape index (κ2) is 9.45. The van der Waals surface area contributed by atoms with Crippen LogP contribution in [0, 0.1) is 0 Å². The lowest BCUT2D eigenvalue weighted by Crippen LogP contribution is -3.11. The first-order valence-corrected chi connectivity index (χ1v) is 9.14. The molecule has 28 heavy (non-hydrogen) atoms. The van der Waals surface area contributed by atoms with Crippen molar-refractivity contribution in [2.75, 3.05) is 40.5 Å². The number of Topliss-reactive ketones (excluding diaryl/α,β-unsaturated/α-hetero) is 1. The molecule has 0 spiro atoms. The number of quaternary nitrogens is 1. The van der Waals surface area contributed by atoms with Gasteiger partial charge in [0.15, 0.2) is 11.5 Å². The fourth-order valence-corrected chi connectivity index (χ4v) is 3.12. The number of methoxy groups -OCH3 is 2. The van der Waals surface area contributed by atoms with Crippen LogP contribution in [0.3, 0.4) is 0 Å². The van der Waals surface area contributed by atoms with E-state index in [4.69, 9.17) is 14.2 Å². The Balaban J connectivity index is 1.88. The summed E-state index contributed by atoms with van der Waals surface area (Å²) < 4.78 is 16.3. The van der Waals surface area contributed by atoms with Crippen molar-refractivity contribution in [1.29, 1.82) is 0 Å². The number of rotatable bonds is 9. The number of phenolic OH excluding ortho intramolecular Hbond substituents is 1. The molecule has 2 aromatic rings. The van der Waals surface area contributed by atoms with Crippen molar-refractivity contribution in [2.45, 2.75) is 6.54 Å². The number of nitrogens with one attached hydrogen (secondary N) is 1. The number of carbonyl (C=O) groups excluding carboxylic acids is 1. The Morgan fingerprint density at radius 3 is 2.43 bits per heavy atom. The van der Waals surface area contributed by atoms with Crippen LogP contribution in [-0.2, 0) is 16.0 Å². The van der Waals surface area contributed by atoms with E-state index in [9.17, 15) is 9.90 Å². The lowest BCUT2D eigenvalue weighted by Gasteiger charge is -2.20. The SMILES string of the molecule is COCC[NH+](CCOC)Cc1c(O)ccc2c1O/C(=C\c1ccncc1)C2=O. The van der Waals surface area contributed by atoms with Gasteiger partial charge < -0.3 is 24.2 Å². The van der Waals surface area contributed by atoms with Crippen molar-refractivity contribution in [3.05, 3.63) is 59.1 Å². The molecule has 2 N–H and O–H groups in total. The van der Waals surface area contributed by atoms with Gasteiger partial charge in [-0.1, -0.05) is 0 Å². The normalized spacial score (nSPS) is 14.5. The Bertz CT molecular complexity index is 843. The molecule has 0 atom stereocenters. The highest BCUT2D eigenvalue weighted by atomic mass is 16.5. The van der Waals surface area contributed by atoms with E-state index in [1.807, 2.05) is 0 Å². The summed E-state index contributed by atoms with van der Waals surface area (Å²) in [6.45, 7) is 3.16. The fraction of sp³-hybridized carbons (Fsp3) is 0.333. The van der Waals surface area contributed by atoms with Crippen LogP contribution in [0.2, 0.25) is 0 Å². The summed E-state index contributed by atoms with van der Waals surface area (Å²) in [6.07, 6.45) is 5.00. The van der Waals surface area contributed by atoms with Gasteiger partial charge in [-0.3, -0.25) is 9.78 Å². The smallest absolute Gasteiger partial charge is 0.231 e. The monoisotopic (exact) mass is 385 g/mol. The van der Waals surface area contributed by atoms with E-state index in [2.05, 4.69) is 4.98 Å². The average Bonchev–Trinajstić information content (AvgIpc) is 3.02. The predicted octanol–water partition coefficient (Wildman–Crippen LogP) is 1.08. The number of hydrogen-bond acceptors (Lipinski definition) is 6. The second-order valence-electron chi connectivity index (χ2n) is 6.57. The minimum Gasteiger partial charge on any atom is -0.507 e. The van der Waals surface area contributed by atoms with E-state index >= 15 is 0 Å². The van der Waals surface area contributed by atoms with Crippen LogP contribution in [0.5, 0.6) is 11.5 Å². The fourth-order valence-electron chi connectivity index (χ4n) is 3.12. The number of nitrogens with zero attached hydrogens (tertiary/aromatic N) is 1. The zero-order valence-electron chi connectivity index (χ0n) is 16.1. The van der Waals surface area contributed by atoms with Gasteiger partial charge in [0.05, 0.1) is 24.3 Å². The molecular weight excluding hydrogens is 360 g/mol. The van der Waals surface area contributed by atoms with Crippen molar-refractivity contribution in [3.63, 3.8) is 0 Å². The molecule has 7 heteroatoms. The largest absolute Gasteiger partial charge is 0.507 e. The molecule has 1 aromatic carbocycles. The number of pyridine rings is 1. The summed E-state index contributed by atoms with van der Waals surface area (Å²) in [5.41, 5.74) is 1.90. The van der Waals surface area contributed by atoms with Crippen LogP contribution in [0.25, 0.3) is 6.08 Å². The number of carbonyl (C=O) groups is 1. The zero-order valence-corrected chi connectivity index (χ0v) is 16.1. The Morgan fingerprint density at radius 1 is 1.11 bits per heavy atom. The van der Waals surface area contributed by atoms with Gasteiger partial charge in [-0.05, 0) is 35.9 Å². The molecule has 7 nitrogen and oxygen atoms in total. The van der Waals surface area contributed by atoms with E-state index in [-0.39, 0.29) is 17.3 Å². The number of aromatic nitrogens is 1. The van der Waals surface area contributed by atoms with Crippen LogP contribution in [-0.4, -0.2) is 56.4 Å². The number of ether oxygens (including phenoxy) is 3. The molecule has 0 aliphatic carbocycles. The molecule has 1 aliphatic heterocycles. The minimum atomic E-state index is -0.191. The maximum atomic E-state index is 12.8. The molecular formula is C21H25N2O5+. The topological polar surface area (TPSA) is 82.3 Å². The molecule has 3 rings (SSSR count). The molecule has 0 saturated carbocycles. The highest BCUT2D eigenvalue weighted by Gasteiger charge is 2.32. The van der Waals surface area contributed by atoms with E-state index in [0.717, 1.165) is 23.6 Å². The van der Waals surface area contributed by atoms with Gasteiger partial charge in [-0.15, -0.1) is 0 Å². The van der Waals surface area contributed by atoms with Crippen LogP contribution in [0.4, 0.5) is 0 Å². The number of fused-ring (bicyclic) bond motifs is 1. The van der Waals surface area contributed by atoms with Gasteiger partial charge in [-0.25, -0.2) is 0 Å². The van der Waals surface area contributed by atoms with Crippen molar-refractivity contribution >= 4 is 11.9 Å². The maximum Gasteiger partial charge on any atom is 0.231 e. The molecule has 2 heterocycles. The van der Waals surface area contributed by atoms with Crippen LogP contribution >= 0.6 is 0 Å². The molecule has 1 aliphatic rings. The third-order valence-electron chi connectivity index (χ3n) is 4.67. The molecule has 0 saturated heterocycles. The number of benzene rings is 1. The molecule has 0 fully saturated rings. The minimum absolute atomic E-state index is 0.115. The van der Waals surface area contributed by atoms with Crippen molar-refractivity contribution in [3.8, 4) is 11.5 Å². The second-order valence-corrected chi connectivity index (χ2v) is 6.57. The summed E-state index contributed by atoms with van der Waals surface area (Å²) in [6, 6.07) is 6.75.